The van der Waals surface area contributed by atoms with Crippen LogP contribution in [0.3, 0.4) is 0 Å². The maximum atomic E-state index is 12.9. The van der Waals surface area contributed by atoms with E-state index in [-0.39, 0.29) is 28.5 Å². The Bertz CT molecular complexity index is 1440. The van der Waals surface area contributed by atoms with E-state index in [0.717, 1.165) is 6.07 Å². The second-order valence-electron chi connectivity index (χ2n) is 9.33. The standard InChI is InChI=1S/C29H26F3N3O7/c30-29(31,32)28(40)42-23-5-2-1-4-21(23)26(38)34-19-11-7-18(8-12-19)27(39)41-24-6-3-15-33-16-22(24)35-25(37)17-9-13-20(36)14-10-17/h1-2,4-5,7-14,22,24,33,36H,3,6,15-16H2,(H,34,38)(H,35,37)/t22-,24-/m1/s1. The molecule has 1 heterocycles. The van der Waals surface area contributed by atoms with Crippen LogP contribution in [0.4, 0.5) is 18.9 Å². The molecule has 0 aromatic heterocycles. The van der Waals surface area contributed by atoms with Crippen molar-refractivity contribution in [3.63, 3.8) is 0 Å². The Hall–Kier alpha value is -4.91. The highest BCUT2D eigenvalue weighted by Gasteiger charge is 2.42. The second-order valence-corrected chi connectivity index (χ2v) is 9.33. The number of phenolic OH excluding ortho intramolecular Hbond substituents is 1. The van der Waals surface area contributed by atoms with Crippen LogP contribution in [0.5, 0.6) is 11.5 Å². The van der Waals surface area contributed by atoms with Crippen LogP contribution < -0.4 is 20.7 Å². The van der Waals surface area contributed by atoms with Crippen LogP contribution >= 0.6 is 0 Å². The number of hydrogen-bond donors (Lipinski definition) is 4. The number of esters is 2. The molecular formula is C29H26F3N3O7. The number of alkyl halides is 3. The van der Waals surface area contributed by atoms with Crippen LogP contribution in [-0.2, 0) is 9.53 Å². The third-order valence-corrected chi connectivity index (χ3v) is 6.30. The number of para-hydroxylation sites is 1. The molecule has 10 nitrogen and oxygen atoms in total. The summed E-state index contributed by atoms with van der Waals surface area (Å²) < 4.78 is 47.9. The third-order valence-electron chi connectivity index (χ3n) is 6.30. The van der Waals surface area contributed by atoms with Gasteiger partial charge in [-0.3, -0.25) is 9.59 Å². The van der Waals surface area contributed by atoms with Gasteiger partial charge in [-0.25, -0.2) is 9.59 Å². The average Bonchev–Trinajstić information content (AvgIpc) is 3.18. The molecule has 0 spiro atoms. The van der Waals surface area contributed by atoms with Crippen LogP contribution in [0.15, 0.2) is 72.8 Å². The first-order chi connectivity index (χ1) is 20.0. The molecule has 2 atom stereocenters. The predicted octanol–water partition coefficient (Wildman–Crippen LogP) is 3.82. The predicted molar refractivity (Wildman–Crippen MR) is 143 cm³/mol. The molecule has 1 saturated heterocycles. The fraction of sp³-hybridized carbons (Fsp3) is 0.241. The molecule has 220 valence electrons. The smallest absolute Gasteiger partial charge is 0.491 e. The molecule has 0 bridgehead atoms. The largest absolute Gasteiger partial charge is 0.508 e. The lowest BCUT2D eigenvalue weighted by atomic mass is 10.1. The second kappa shape index (κ2) is 13.2. The van der Waals surface area contributed by atoms with E-state index in [1.165, 1.54) is 66.7 Å². The number of nitrogens with one attached hydrogen (secondary N) is 3. The molecule has 1 fully saturated rings. The Labute approximate surface area is 237 Å². The molecule has 1 aliphatic heterocycles. The minimum absolute atomic E-state index is 0.0244. The van der Waals surface area contributed by atoms with Gasteiger partial charge < -0.3 is 30.5 Å². The fourth-order valence-electron chi connectivity index (χ4n) is 4.16. The molecule has 4 N–H and O–H groups in total. The summed E-state index contributed by atoms with van der Waals surface area (Å²) in [7, 11) is 0. The van der Waals surface area contributed by atoms with Gasteiger partial charge in [-0.1, -0.05) is 12.1 Å². The maximum Gasteiger partial charge on any atom is 0.491 e. The normalized spacial score (nSPS) is 16.9. The highest BCUT2D eigenvalue weighted by Crippen LogP contribution is 2.24. The lowest BCUT2D eigenvalue weighted by molar-refractivity contribution is -0.189. The van der Waals surface area contributed by atoms with Crippen molar-refractivity contribution in [2.45, 2.75) is 31.2 Å². The van der Waals surface area contributed by atoms with E-state index in [9.17, 15) is 37.5 Å². The van der Waals surface area contributed by atoms with Crippen molar-refractivity contribution in [1.82, 2.24) is 10.6 Å². The summed E-state index contributed by atoms with van der Waals surface area (Å²) in [5.74, 6) is -4.89. The summed E-state index contributed by atoms with van der Waals surface area (Å²) in [5, 5.41) is 18.0. The van der Waals surface area contributed by atoms with Gasteiger partial charge in [-0.05, 0) is 80.1 Å². The molecule has 3 aromatic carbocycles. The van der Waals surface area contributed by atoms with Crippen molar-refractivity contribution in [3.05, 3.63) is 89.5 Å². The molecule has 42 heavy (non-hydrogen) atoms. The maximum absolute atomic E-state index is 12.9. The van der Waals surface area contributed by atoms with Gasteiger partial charge in [0.2, 0.25) is 0 Å². The van der Waals surface area contributed by atoms with Gasteiger partial charge in [0.05, 0.1) is 17.2 Å². The summed E-state index contributed by atoms with van der Waals surface area (Å²) in [6, 6.07) is 15.8. The Morgan fingerprint density at radius 2 is 1.55 bits per heavy atom. The molecule has 1 aliphatic rings. The lowest BCUT2D eigenvalue weighted by Crippen LogP contribution is -2.49. The number of hydrogen-bond acceptors (Lipinski definition) is 8. The Morgan fingerprint density at radius 1 is 0.881 bits per heavy atom. The first-order valence-corrected chi connectivity index (χ1v) is 12.8. The number of carbonyl (C=O) groups is 4. The SMILES string of the molecule is O=C(N[C@@H]1CNCCC[C@H]1OC(=O)c1ccc(NC(=O)c2ccccc2OC(=O)C(F)(F)F)cc1)c1ccc(O)cc1. The minimum atomic E-state index is -5.24. The van der Waals surface area contributed by atoms with Gasteiger partial charge in [-0.2, -0.15) is 13.2 Å². The number of rotatable bonds is 7. The molecule has 2 amide bonds. The quantitative estimate of drug-likeness (QED) is 0.242. The number of aromatic hydroxyl groups is 1. The van der Waals surface area contributed by atoms with Crippen LogP contribution in [0, 0.1) is 0 Å². The van der Waals surface area contributed by atoms with Crippen molar-refractivity contribution in [1.29, 1.82) is 0 Å². The zero-order valence-electron chi connectivity index (χ0n) is 21.9. The summed E-state index contributed by atoms with van der Waals surface area (Å²) in [6.45, 7) is 1.04. The number of carbonyl (C=O) groups excluding carboxylic acids is 4. The van der Waals surface area contributed by atoms with Gasteiger partial charge >= 0.3 is 18.1 Å². The molecule has 4 rings (SSSR count). The summed E-state index contributed by atoms with van der Waals surface area (Å²) in [4.78, 5) is 49.6. The monoisotopic (exact) mass is 585 g/mol. The zero-order valence-corrected chi connectivity index (χ0v) is 21.9. The number of amides is 2. The number of ether oxygens (including phenoxy) is 2. The molecule has 0 unspecified atom stereocenters. The van der Waals surface area contributed by atoms with Crippen molar-refractivity contribution in [3.8, 4) is 11.5 Å². The van der Waals surface area contributed by atoms with Crippen molar-refractivity contribution >= 4 is 29.4 Å². The Kier molecular flexibility index (Phi) is 9.42. The third kappa shape index (κ3) is 7.85. The molecule has 0 saturated carbocycles. The van der Waals surface area contributed by atoms with Crippen molar-refractivity contribution in [2.24, 2.45) is 0 Å². The Balaban J connectivity index is 1.39. The molecule has 3 aromatic rings. The summed E-state index contributed by atoms with van der Waals surface area (Å²) in [6.07, 6.45) is -4.68. The van der Waals surface area contributed by atoms with Crippen LogP contribution in [0.2, 0.25) is 0 Å². The average molecular weight is 586 g/mol. The fourth-order valence-corrected chi connectivity index (χ4v) is 4.16. The number of benzene rings is 3. The zero-order chi connectivity index (χ0) is 30.3. The van der Waals surface area contributed by atoms with E-state index in [1.54, 1.807) is 0 Å². The van der Waals surface area contributed by atoms with Gasteiger partial charge in [0, 0.05) is 17.8 Å². The first kappa shape index (κ1) is 30.1. The number of halogens is 3. The lowest BCUT2D eigenvalue weighted by Gasteiger charge is -2.26. The first-order valence-electron chi connectivity index (χ1n) is 12.8. The molecule has 13 heteroatoms. The van der Waals surface area contributed by atoms with Crippen LogP contribution in [-0.4, -0.2) is 60.3 Å². The summed E-state index contributed by atoms with van der Waals surface area (Å²) in [5.41, 5.74) is 0.404. The molecule has 0 radical (unpaired) electrons. The number of phenols is 1. The highest BCUT2D eigenvalue weighted by atomic mass is 19.4. The minimum Gasteiger partial charge on any atom is -0.508 e. The van der Waals surface area contributed by atoms with Crippen molar-refractivity contribution in [2.75, 3.05) is 18.4 Å². The summed E-state index contributed by atoms with van der Waals surface area (Å²) >= 11 is 0. The Morgan fingerprint density at radius 3 is 2.24 bits per heavy atom. The van der Waals surface area contributed by atoms with Crippen LogP contribution in [0.25, 0.3) is 0 Å². The number of anilines is 1. The topological polar surface area (TPSA) is 143 Å². The van der Waals surface area contributed by atoms with E-state index in [0.29, 0.717) is 31.5 Å². The van der Waals surface area contributed by atoms with E-state index in [1.807, 2.05) is 0 Å². The van der Waals surface area contributed by atoms with E-state index in [4.69, 9.17) is 4.74 Å². The van der Waals surface area contributed by atoms with Crippen molar-refractivity contribution < 1.29 is 46.9 Å². The van der Waals surface area contributed by atoms with E-state index in [2.05, 4.69) is 20.7 Å². The van der Waals surface area contributed by atoms with E-state index >= 15 is 0 Å². The molecular weight excluding hydrogens is 559 g/mol. The van der Waals surface area contributed by atoms with Gasteiger partial charge in [0.25, 0.3) is 11.8 Å². The van der Waals surface area contributed by atoms with Gasteiger partial charge in [0.1, 0.15) is 17.6 Å². The highest BCUT2D eigenvalue weighted by molar-refractivity contribution is 6.06. The van der Waals surface area contributed by atoms with Crippen LogP contribution in [0.1, 0.15) is 43.9 Å². The van der Waals surface area contributed by atoms with E-state index < -0.39 is 41.9 Å². The molecule has 0 aliphatic carbocycles. The van der Waals surface area contributed by atoms with Gasteiger partial charge in [0.15, 0.2) is 0 Å². The van der Waals surface area contributed by atoms with Gasteiger partial charge in [-0.15, -0.1) is 0 Å².